The van der Waals surface area contributed by atoms with E-state index in [-0.39, 0.29) is 5.69 Å². The molecule has 0 bridgehead atoms. The predicted molar refractivity (Wildman–Crippen MR) is 88.9 cm³/mol. The summed E-state index contributed by atoms with van der Waals surface area (Å²) < 4.78 is 1.44. The number of nitrogens with zero attached hydrogens (tertiary/aromatic N) is 3. The Morgan fingerprint density at radius 1 is 1.09 bits per heavy atom. The molecule has 0 atom stereocenters. The van der Waals surface area contributed by atoms with Gasteiger partial charge in [0.15, 0.2) is 5.69 Å². The first-order valence-corrected chi connectivity index (χ1v) is 7.38. The van der Waals surface area contributed by atoms with Gasteiger partial charge in [-0.05, 0) is 30.3 Å². The van der Waals surface area contributed by atoms with E-state index in [1.807, 2.05) is 12.1 Å². The van der Waals surface area contributed by atoms with Crippen molar-refractivity contribution in [2.45, 2.75) is 0 Å². The molecule has 2 N–H and O–H groups in total. The van der Waals surface area contributed by atoms with Crippen LogP contribution in [0.1, 0.15) is 10.5 Å². The molecule has 0 aliphatic rings. The fraction of sp³-hybridized carbons (Fsp3) is 0. The summed E-state index contributed by atoms with van der Waals surface area (Å²) in [6.45, 7) is 0. The quantitative estimate of drug-likeness (QED) is 0.710. The Balaban J connectivity index is 1.70. The molecular weight excluding hydrogens is 337 g/mol. The van der Waals surface area contributed by atoms with E-state index >= 15 is 0 Å². The zero-order valence-electron chi connectivity index (χ0n) is 11.7. The van der Waals surface area contributed by atoms with Crippen LogP contribution in [-0.2, 0) is 0 Å². The molecule has 6 nitrogen and oxygen atoms in total. The third-order valence-electron chi connectivity index (χ3n) is 2.97. The number of nitrogens with one attached hydrogen (secondary N) is 2. The number of para-hydroxylation sites is 1. The molecule has 0 unspecified atom stereocenters. The highest BCUT2D eigenvalue weighted by Crippen LogP contribution is 2.18. The van der Waals surface area contributed by atoms with Crippen molar-refractivity contribution in [3.63, 3.8) is 0 Å². The summed E-state index contributed by atoms with van der Waals surface area (Å²) in [6, 6.07) is 14.1. The molecule has 0 spiro atoms. The Bertz CT molecular complexity index is 849. The largest absolute Gasteiger partial charge is 0.298 e. The van der Waals surface area contributed by atoms with Gasteiger partial charge in [-0.25, -0.2) is 4.68 Å². The number of benzene rings is 2. The van der Waals surface area contributed by atoms with Crippen LogP contribution in [0.25, 0.3) is 5.69 Å². The van der Waals surface area contributed by atoms with Crippen molar-refractivity contribution in [1.82, 2.24) is 20.4 Å². The van der Waals surface area contributed by atoms with Crippen LogP contribution in [0, 0.1) is 0 Å². The summed E-state index contributed by atoms with van der Waals surface area (Å²) in [5.41, 5.74) is 6.73. The van der Waals surface area contributed by atoms with Crippen LogP contribution < -0.4 is 10.9 Å². The van der Waals surface area contributed by atoms with E-state index in [4.69, 9.17) is 23.2 Å². The van der Waals surface area contributed by atoms with Crippen LogP contribution in [0.15, 0.2) is 54.7 Å². The van der Waals surface area contributed by atoms with Crippen molar-refractivity contribution in [2.75, 3.05) is 5.43 Å². The molecule has 3 aromatic rings. The van der Waals surface area contributed by atoms with Crippen LogP contribution >= 0.6 is 23.2 Å². The molecule has 0 aliphatic carbocycles. The summed E-state index contributed by atoms with van der Waals surface area (Å²) in [5.74, 6) is -0.428. The number of carbonyl (C=O) groups is 1. The second-order valence-corrected chi connectivity index (χ2v) is 5.43. The van der Waals surface area contributed by atoms with Crippen molar-refractivity contribution < 1.29 is 4.79 Å². The lowest BCUT2D eigenvalue weighted by molar-refractivity contribution is 0.0957. The van der Waals surface area contributed by atoms with Gasteiger partial charge in [0, 0.05) is 5.02 Å². The molecule has 1 aromatic heterocycles. The topological polar surface area (TPSA) is 71.8 Å². The summed E-state index contributed by atoms with van der Waals surface area (Å²) >= 11 is 12.0. The molecule has 8 heteroatoms. The van der Waals surface area contributed by atoms with Gasteiger partial charge < -0.3 is 0 Å². The lowest BCUT2D eigenvalue weighted by Crippen LogP contribution is -2.29. The minimum Gasteiger partial charge on any atom is -0.298 e. The SMILES string of the molecule is O=C(NNc1cccc(Cl)c1)c1cn(-c2ccccc2Cl)nn1. The predicted octanol–water partition coefficient (Wildman–Crippen LogP) is 3.33. The standard InChI is InChI=1S/C15H11Cl2N5O/c16-10-4-3-5-11(8-10)18-20-15(23)13-9-22(21-19-13)14-7-2-1-6-12(14)17/h1-9,18H,(H,20,23). The highest BCUT2D eigenvalue weighted by atomic mass is 35.5. The number of amides is 1. The molecule has 116 valence electrons. The maximum Gasteiger partial charge on any atom is 0.291 e. The number of anilines is 1. The van der Waals surface area contributed by atoms with E-state index in [0.717, 1.165) is 0 Å². The van der Waals surface area contributed by atoms with Crippen molar-refractivity contribution in [3.8, 4) is 5.69 Å². The van der Waals surface area contributed by atoms with Crippen LogP contribution in [0.5, 0.6) is 0 Å². The molecule has 0 saturated heterocycles. The summed E-state index contributed by atoms with van der Waals surface area (Å²) in [4.78, 5) is 12.1. The molecule has 0 aliphatic heterocycles. The second kappa shape index (κ2) is 6.68. The zero-order chi connectivity index (χ0) is 16.2. The molecule has 0 saturated carbocycles. The number of hydrazine groups is 1. The molecule has 23 heavy (non-hydrogen) atoms. The number of carbonyl (C=O) groups excluding carboxylic acids is 1. The first kappa shape index (κ1) is 15.3. The first-order valence-electron chi connectivity index (χ1n) is 6.62. The van der Waals surface area contributed by atoms with Crippen molar-refractivity contribution in [1.29, 1.82) is 0 Å². The van der Waals surface area contributed by atoms with Gasteiger partial charge in [-0.2, -0.15) is 0 Å². The third-order valence-corrected chi connectivity index (χ3v) is 3.52. The fourth-order valence-electron chi connectivity index (χ4n) is 1.88. The minimum absolute atomic E-state index is 0.152. The molecule has 1 heterocycles. The summed E-state index contributed by atoms with van der Waals surface area (Å²) in [5, 5.41) is 8.83. The van der Waals surface area contributed by atoms with Gasteiger partial charge in [0.25, 0.3) is 5.91 Å². The van der Waals surface area contributed by atoms with Crippen molar-refractivity contribution in [2.24, 2.45) is 0 Å². The van der Waals surface area contributed by atoms with E-state index in [0.29, 0.717) is 21.4 Å². The van der Waals surface area contributed by atoms with E-state index in [9.17, 15) is 4.79 Å². The Labute approximate surface area is 142 Å². The molecule has 1 amide bonds. The van der Waals surface area contributed by atoms with E-state index in [2.05, 4.69) is 21.2 Å². The van der Waals surface area contributed by atoms with Gasteiger partial charge in [-0.3, -0.25) is 15.6 Å². The average molecular weight is 348 g/mol. The maximum atomic E-state index is 12.1. The Morgan fingerprint density at radius 3 is 2.70 bits per heavy atom. The normalized spacial score (nSPS) is 10.3. The summed E-state index contributed by atoms with van der Waals surface area (Å²) in [6.07, 6.45) is 1.50. The van der Waals surface area contributed by atoms with Gasteiger partial charge in [0.05, 0.1) is 22.6 Å². The van der Waals surface area contributed by atoms with Crippen LogP contribution in [0.2, 0.25) is 10.0 Å². The number of hydrogen-bond acceptors (Lipinski definition) is 4. The Morgan fingerprint density at radius 2 is 1.91 bits per heavy atom. The van der Waals surface area contributed by atoms with Crippen LogP contribution in [-0.4, -0.2) is 20.9 Å². The van der Waals surface area contributed by atoms with Gasteiger partial charge in [-0.15, -0.1) is 5.10 Å². The smallest absolute Gasteiger partial charge is 0.291 e. The van der Waals surface area contributed by atoms with Crippen molar-refractivity contribution >= 4 is 34.8 Å². The average Bonchev–Trinajstić information content (AvgIpc) is 3.03. The van der Waals surface area contributed by atoms with Gasteiger partial charge in [0.2, 0.25) is 0 Å². The minimum atomic E-state index is -0.428. The van der Waals surface area contributed by atoms with E-state index in [1.54, 1.807) is 36.4 Å². The highest BCUT2D eigenvalue weighted by Gasteiger charge is 2.12. The molecule has 0 radical (unpaired) electrons. The maximum absolute atomic E-state index is 12.1. The third kappa shape index (κ3) is 3.61. The monoisotopic (exact) mass is 347 g/mol. The number of aromatic nitrogens is 3. The molecule has 3 rings (SSSR count). The van der Waals surface area contributed by atoms with Crippen molar-refractivity contribution in [3.05, 3.63) is 70.5 Å². The fourth-order valence-corrected chi connectivity index (χ4v) is 2.29. The Hall–Kier alpha value is -2.57. The lowest BCUT2D eigenvalue weighted by atomic mass is 10.3. The number of halogens is 2. The van der Waals surface area contributed by atoms with Crippen LogP contribution in [0.4, 0.5) is 5.69 Å². The van der Waals surface area contributed by atoms with E-state index < -0.39 is 5.91 Å². The van der Waals surface area contributed by atoms with Crippen LogP contribution in [0.3, 0.4) is 0 Å². The van der Waals surface area contributed by atoms with E-state index in [1.165, 1.54) is 10.9 Å². The molecule has 0 fully saturated rings. The number of rotatable bonds is 4. The first-order chi connectivity index (χ1) is 11.1. The lowest BCUT2D eigenvalue weighted by Gasteiger charge is -2.06. The molecule has 2 aromatic carbocycles. The summed E-state index contributed by atoms with van der Waals surface area (Å²) in [7, 11) is 0. The Kier molecular flexibility index (Phi) is 4.45. The highest BCUT2D eigenvalue weighted by molar-refractivity contribution is 6.32. The van der Waals surface area contributed by atoms with Gasteiger partial charge >= 0.3 is 0 Å². The number of hydrogen-bond donors (Lipinski definition) is 2. The zero-order valence-corrected chi connectivity index (χ0v) is 13.2. The van der Waals surface area contributed by atoms with Gasteiger partial charge in [0.1, 0.15) is 0 Å². The molecular formula is C15H11Cl2N5O. The van der Waals surface area contributed by atoms with Gasteiger partial charge in [-0.1, -0.05) is 46.6 Å². The second-order valence-electron chi connectivity index (χ2n) is 4.59.